The van der Waals surface area contributed by atoms with Crippen LogP contribution in [-0.2, 0) is 20.9 Å². The molecule has 1 aromatic heterocycles. The standard InChI is InChI=1S/C12H13NO5S/c1-19(15,16)18-11(12-13-6-7-17-12)10-4-2-9(8-14)3-5-10/h2-7,11,14H,8H2,1H3. The average molecular weight is 283 g/mol. The van der Waals surface area contributed by atoms with E-state index >= 15 is 0 Å². The first-order chi connectivity index (χ1) is 8.99. The molecule has 0 spiro atoms. The second-order valence-corrected chi connectivity index (χ2v) is 5.55. The summed E-state index contributed by atoms with van der Waals surface area (Å²) in [6.07, 6.45) is 2.79. The summed E-state index contributed by atoms with van der Waals surface area (Å²) in [6.45, 7) is -0.0864. The number of aromatic nitrogens is 1. The highest BCUT2D eigenvalue weighted by Crippen LogP contribution is 2.26. The zero-order chi connectivity index (χ0) is 13.9. The monoisotopic (exact) mass is 283 g/mol. The molecular weight excluding hydrogens is 270 g/mol. The van der Waals surface area contributed by atoms with Gasteiger partial charge in [0.15, 0.2) is 6.10 Å². The average Bonchev–Trinajstić information content (AvgIpc) is 2.89. The first-order valence-corrected chi connectivity index (χ1v) is 7.28. The molecule has 0 saturated heterocycles. The van der Waals surface area contributed by atoms with Gasteiger partial charge in [-0.25, -0.2) is 4.98 Å². The number of hydrogen-bond donors (Lipinski definition) is 1. The molecule has 1 heterocycles. The zero-order valence-corrected chi connectivity index (χ0v) is 11.0. The van der Waals surface area contributed by atoms with Crippen LogP contribution in [0.25, 0.3) is 0 Å². The first kappa shape index (κ1) is 13.7. The van der Waals surface area contributed by atoms with Crippen LogP contribution in [0.2, 0.25) is 0 Å². The molecule has 0 fully saturated rings. The lowest BCUT2D eigenvalue weighted by atomic mass is 10.1. The molecule has 7 heteroatoms. The number of aliphatic hydroxyl groups is 1. The van der Waals surface area contributed by atoms with Gasteiger partial charge in [0.1, 0.15) is 6.26 Å². The maximum atomic E-state index is 11.3. The molecule has 1 atom stereocenters. The minimum Gasteiger partial charge on any atom is -0.446 e. The van der Waals surface area contributed by atoms with Crippen molar-refractivity contribution in [1.82, 2.24) is 4.98 Å². The summed E-state index contributed by atoms with van der Waals surface area (Å²) in [7, 11) is -3.66. The van der Waals surface area contributed by atoms with E-state index < -0.39 is 16.2 Å². The summed E-state index contributed by atoms with van der Waals surface area (Å²) in [5.41, 5.74) is 1.29. The van der Waals surface area contributed by atoms with E-state index in [9.17, 15) is 8.42 Å². The Morgan fingerprint density at radius 1 is 1.37 bits per heavy atom. The molecule has 2 aromatic rings. The third-order valence-electron chi connectivity index (χ3n) is 2.41. The quantitative estimate of drug-likeness (QED) is 0.830. The van der Waals surface area contributed by atoms with Gasteiger partial charge in [-0.15, -0.1) is 0 Å². The second-order valence-electron chi connectivity index (χ2n) is 3.95. The molecule has 0 aliphatic rings. The van der Waals surface area contributed by atoms with Crippen LogP contribution in [-0.4, -0.2) is 24.8 Å². The Hall–Kier alpha value is -1.70. The molecule has 0 aliphatic carbocycles. The summed E-state index contributed by atoms with van der Waals surface area (Å²) in [5, 5.41) is 8.98. The van der Waals surface area contributed by atoms with E-state index in [4.69, 9.17) is 13.7 Å². The third-order valence-corrected chi connectivity index (χ3v) is 2.95. The molecule has 0 radical (unpaired) electrons. The third kappa shape index (κ3) is 3.63. The van der Waals surface area contributed by atoms with Gasteiger partial charge in [-0.2, -0.15) is 8.42 Å². The maximum absolute atomic E-state index is 11.3. The summed E-state index contributed by atoms with van der Waals surface area (Å²) in [6, 6.07) is 6.67. The van der Waals surface area contributed by atoms with Crippen LogP contribution in [0.3, 0.4) is 0 Å². The minimum atomic E-state index is -3.66. The Balaban J connectivity index is 2.36. The Labute approximate surface area is 110 Å². The first-order valence-electron chi connectivity index (χ1n) is 5.47. The van der Waals surface area contributed by atoms with Crippen LogP contribution in [0.1, 0.15) is 23.1 Å². The van der Waals surface area contributed by atoms with Gasteiger partial charge >= 0.3 is 0 Å². The molecule has 1 unspecified atom stereocenters. The molecule has 0 saturated carbocycles. The fourth-order valence-corrected chi connectivity index (χ4v) is 2.12. The SMILES string of the molecule is CS(=O)(=O)OC(c1ccc(CO)cc1)c1ncco1. The van der Waals surface area contributed by atoms with Gasteiger partial charge in [-0.3, -0.25) is 4.18 Å². The highest BCUT2D eigenvalue weighted by atomic mass is 32.2. The minimum absolute atomic E-state index is 0.0864. The van der Waals surface area contributed by atoms with E-state index in [2.05, 4.69) is 4.98 Å². The number of hydrogen-bond acceptors (Lipinski definition) is 6. The summed E-state index contributed by atoms with van der Waals surface area (Å²) in [4.78, 5) is 3.91. The van der Waals surface area contributed by atoms with E-state index in [1.807, 2.05) is 0 Å². The van der Waals surface area contributed by atoms with Crippen LogP contribution in [0.15, 0.2) is 41.1 Å². The van der Waals surface area contributed by atoms with Gasteiger partial charge in [-0.1, -0.05) is 24.3 Å². The number of aliphatic hydroxyl groups excluding tert-OH is 1. The van der Waals surface area contributed by atoms with E-state index in [1.165, 1.54) is 12.5 Å². The highest BCUT2D eigenvalue weighted by Gasteiger charge is 2.23. The van der Waals surface area contributed by atoms with Crippen molar-refractivity contribution >= 4 is 10.1 Å². The molecule has 0 aliphatic heterocycles. The van der Waals surface area contributed by atoms with E-state index in [1.54, 1.807) is 24.3 Å². The van der Waals surface area contributed by atoms with Gasteiger partial charge in [0, 0.05) is 0 Å². The lowest BCUT2D eigenvalue weighted by Crippen LogP contribution is -2.12. The number of rotatable bonds is 5. The van der Waals surface area contributed by atoms with E-state index in [0.717, 1.165) is 6.26 Å². The number of benzene rings is 1. The van der Waals surface area contributed by atoms with Crippen LogP contribution in [0, 0.1) is 0 Å². The molecular formula is C12H13NO5S. The van der Waals surface area contributed by atoms with E-state index in [-0.39, 0.29) is 12.5 Å². The lowest BCUT2D eigenvalue weighted by Gasteiger charge is -2.13. The molecule has 102 valence electrons. The van der Waals surface area contributed by atoms with Gasteiger partial charge in [0.25, 0.3) is 10.1 Å². The molecule has 0 amide bonds. The topological polar surface area (TPSA) is 89.6 Å². The van der Waals surface area contributed by atoms with Crippen LogP contribution in [0.4, 0.5) is 0 Å². The normalized spacial score (nSPS) is 13.4. The maximum Gasteiger partial charge on any atom is 0.265 e. The molecule has 0 bridgehead atoms. The van der Waals surface area contributed by atoms with Crippen molar-refractivity contribution in [2.24, 2.45) is 0 Å². The largest absolute Gasteiger partial charge is 0.446 e. The summed E-state index contributed by atoms with van der Waals surface area (Å²) < 4.78 is 32.7. The molecule has 1 aromatic carbocycles. The fraction of sp³-hybridized carbons (Fsp3) is 0.250. The second kappa shape index (κ2) is 5.52. The Bertz CT molecular complexity index is 619. The summed E-state index contributed by atoms with van der Waals surface area (Å²) >= 11 is 0. The number of oxazole rings is 1. The lowest BCUT2D eigenvalue weighted by molar-refractivity contribution is 0.216. The van der Waals surface area contributed by atoms with Crippen molar-refractivity contribution in [2.45, 2.75) is 12.7 Å². The van der Waals surface area contributed by atoms with Crippen LogP contribution in [0.5, 0.6) is 0 Å². The number of nitrogens with zero attached hydrogens (tertiary/aromatic N) is 1. The van der Waals surface area contributed by atoms with Crippen molar-refractivity contribution in [2.75, 3.05) is 6.26 Å². The van der Waals surface area contributed by atoms with Crippen molar-refractivity contribution < 1.29 is 22.1 Å². The Kier molecular flexibility index (Phi) is 3.98. The molecule has 2 rings (SSSR count). The van der Waals surface area contributed by atoms with Crippen molar-refractivity contribution in [3.63, 3.8) is 0 Å². The van der Waals surface area contributed by atoms with Crippen molar-refractivity contribution in [3.05, 3.63) is 53.7 Å². The predicted octanol–water partition coefficient (Wildman–Crippen LogP) is 1.23. The molecule has 1 N–H and O–H groups in total. The van der Waals surface area contributed by atoms with Gasteiger partial charge in [-0.05, 0) is 11.1 Å². The Morgan fingerprint density at radius 2 is 2.05 bits per heavy atom. The van der Waals surface area contributed by atoms with Gasteiger partial charge in [0.05, 0.1) is 19.1 Å². The molecule has 19 heavy (non-hydrogen) atoms. The van der Waals surface area contributed by atoms with E-state index in [0.29, 0.717) is 11.1 Å². The van der Waals surface area contributed by atoms with Gasteiger partial charge < -0.3 is 9.52 Å². The predicted molar refractivity (Wildman–Crippen MR) is 66.6 cm³/mol. The van der Waals surface area contributed by atoms with Crippen molar-refractivity contribution in [1.29, 1.82) is 0 Å². The van der Waals surface area contributed by atoms with Gasteiger partial charge in [0.2, 0.25) is 5.89 Å². The smallest absolute Gasteiger partial charge is 0.265 e. The highest BCUT2D eigenvalue weighted by molar-refractivity contribution is 7.86. The zero-order valence-electron chi connectivity index (χ0n) is 10.2. The Morgan fingerprint density at radius 3 is 2.53 bits per heavy atom. The molecule has 6 nitrogen and oxygen atoms in total. The van der Waals surface area contributed by atoms with Crippen LogP contribution < -0.4 is 0 Å². The van der Waals surface area contributed by atoms with Crippen molar-refractivity contribution in [3.8, 4) is 0 Å². The fourth-order valence-electron chi connectivity index (χ4n) is 1.58. The summed E-state index contributed by atoms with van der Waals surface area (Å²) in [5.74, 6) is 0.155. The van der Waals surface area contributed by atoms with Crippen LogP contribution >= 0.6 is 0 Å².